The highest BCUT2D eigenvalue weighted by Gasteiger charge is 2.35. The molecule has 1 fully saturated rings. The number of nitrogens with one attached hydrogen (secondary N) is 2. The Kier molecular flexibility index (Phi) is 6.25. The summed E-state index contributed by atoms with van der Waals surface area (Å²) in [5.74, 6) is -0.711. The molecule has 1 aliphatic rings. The van der Waals surface area contributed by atoms with Crippen LogP contribution in [0.1, 0.15) is 28.8 Å². The first-order valence-electron chi connectivity index (χ1n) is 9.50. The molecule has 0 saturated carbocycles. The number of likely N-dealkylation sites (tertiary alicyclic amines) is 1. The number of nitro groups is 1. The van der Waals surface area contributed by atoms with Crippen LogP contribution in [0.2, 0.25) is 0 Å². The molecule has 10 nitrogen and oxygen atoms in total. The van der Waals surface area contributed by atoms with Gasteiger partial charge < -0.3 is 10.2 Å². The van der Waals surface area contributed by atoms with Crippen LogP contribution in [0.3, 0.4) is 0 Å². The van der Waals surface area contributed by atoms with Gasteiger partial charge in [-0.1, -0.05) is 0 Å². The summed E-state index contributed by atoms with van der Waals surface area (Å²) in [7, 11) is -3.40. The third-order valence-corrected chi connectivity index (χ3v) is 5.52. The molecule has 1 unspecified atom stereocenters. The number of nitrogens with zero attached hydrogens (tertiary/aromatic N) is 2. The second-order valence-electron chi connectivity index (χ2n) is 7.36. The second kappa shape index (κ2) is 8.72. The Morgan fingerprint density at radius 3 is 2.35 bits per heavy atom. The molecule has 2 aromatic carbocycles. The van der Waals surface area contributed by atoms with E-state index in [1.165, 1.54) is 35.2 Å². The van der Waals surface area contributed by atoms with Crippen LogP contribution in [0, 0.1) is 17.0 Å². The minimum Gasteiger partial charge on any atom is -0.327 e. The first kappa shape index (κ1) is 22.2. The fourth-order valence-electron chi connectivity index (χ4n) is 3.50. The topological polar surface area (TPSA) is 139 Å². The Balaban J connectivity index is 1.71. The monoisotopic (exact) mass is 446 g/mol. The summed E-state index contributed by atoms with van der Waals surface area (Å²) >= 11 is 0. The SMILES string of the molecule is Cc1cc(C(=O)N2CCCC2C(=O)Nc2ccc(NS(C)(=O)=O)cc2)ccc1[N+](=O)[O-]. The van der Waals surface area contributed by atoms with Crippen molar-refractivity contribution in [1.29, 1.82) is 0 Å². The van der Waals surface area contributed by atoms with Gasteiger partial charge in [0.15, 0.2) is 0 Å². The number of benzene rings is 2. The molecule has 2 aromatic rings. The normalized spacial score (nSPS) is 16.1. The van der Waals surface area contributed by atoms with Gasteiger partial charge in [-0.25, -0.2) is 8.42 Å². The van der Waals surface area contributed by atoms with Crippen LogP contribution in [0.25, 0.3) is 0 Å². The second-order valence-corrected chi connectivity index (χ2v) is 9.10. The van der Waals surface area contributed by atoms with Gasteiger partial charge in [-0.2, -0.15) is 0 Å². The number of carbonyl (C=O) groups excluding carboxylic acids is 2. The number of hydrogen-bond donors (Lipinski definition) is 2. The van der Waals surface area contributed by atoms with Crippen LogP contribution in [-0.4, -0.2) is 48.9 Å². The molecule has 11 heteroatoms. The molecule has 0 radical (unpaired) electrons. The minimum absolute atomic E-state index is 0.0684. The smallest absolute Gasteiger partial charge is 0.272 e. The van der Waals surface area contributed by atoms with Gasteiger partial charge in [0.25, 0.3) is 11.6 Å². The van der Waals surface area contributed by atoms with Gasteiger partial charge in [0, 0.05) is 35.1 Å². The minimum atomic E-state index is -3.40. The van der Waals surface area contributed by atoms with Crippen LogP contribution in [-0.2, 0) is 14.8 Å². The van der Waals surface area contributed by atoms with E-state index in [9.17, 15) is 28.1 Å². The Morgan fingerprint density at radius 1 is 1.13 bits per heavy atom. The maximum absolute atomic E-state index is 12.9. The van der Waals surface area contributed by atoms with Crippen LogP contribution in [0.15, 0.2) is 42.5 Å². The van der Waals surface area contributed by atoms with Gasteiger partial charge in [0.1, 0.15) is 6.04 Å². The van der Waals surface area contributed by atoms with Crippen LogP contribution in [0.5, 0.6) is 0 Å². The number of nitro benzene ring substituents is 1. The maximum atomic E-state index is 12.9. The predicted molar refractivity (Wildman–Crippen MR) is 115 cm³/mol. The van der Waals surface area contributed by atoms with E-state index in [0.29, 0.717) is 41.9 Å². The number of sulfonamides is 1. The molecular formula is C20H22N4O6S. The Hall–Kier alpha value is -3.47. The average Bonchev–Trinajstić information content (AvgIpc) is 3.17. The molecule has 2 amide bonds. The standard InChI is InChI=1S/C20H22N4O6S/c1-13-12-14(5-10-17(13)24(27)28)20(26)23-11-3-4-18(23)19(25)21-15-6-8-16(9-7-15)22-31(2,29)30/h5-10,12,18,22H,3-4,11H2,1-2H3,(H,21,25). The molecule has 1 aliphatic heterocycles. The summed E-state index contributed by atoms with van der Waals surface area (Å²) in [5, 5.41) is 13.7. The van der Waals surface area contributed by atoms with Crippen molar-refractivity contribution < 1.29 is 22.9 Å². The first-order valence-corrected chi connectivity index (χ1v) is 11.4. The van der Waals surface area contributed by atoms with Gasteiger partial charge in [-0.15, -0.1) is 0 Å². The molecule has 164 valence electrons. The zero-order valence-electron chi connectivity index (χ0n) is 17.0. The van der Waals surface area contributed by atoms with Crippen molar-refractivity contribution in [3.8, 4) is 0 Å². The van der Waals surface area contributed by atoms with Crippen molar-refractivity contribution in [2.45, 2.75) is 25.8 Å². The summed E-state index contributed by atoms with van der Waals surface area (Å²) in [6, 6.07) is 9.65. The molecule has 1 atom stereocenters. The number of rotatable bonds is 6. The molecule has 31 heavy (non-hydrogen) atoms. The van der Waals surface area contributed by atoms with Crippen molar-refractivity contribution in [2.24, 2.45) is 0 Å². The van der Waals surface area contributed by atoms with Gasteiger partial charge in [-0.3, -0.25) is 24.4 Å². The van der Waals surface area contributed by atoms with E-state index in [1.54, 1.807) is 19.1 Å². The van der Waals surface area contributed by atoms with Crippen molar-refractivity contribution >= 4 is 38.9 Å². The summed E-state index contributed by atoms with van der Waals surface area (Å²) in [6.45, 7) is 1.97. The van der Waals surface area contributed by atoms with E-state index in [2.05, 4.69) is 10.0 Å². The quantitative estimate of drug-likeness (QED) is 0.516. The van der Waals surface area contributed by atoms with Crippen LogP contribution >= 0.6 is 0 Å². The third kappa shape index (κ3) is 5.37. The number of hydrogen-bond acceptors (Lipinski definition) is 6. The van der Waals surface area contributed by atoms with Gasteiger partial charge in [0.2, 0.25) is 15.9 Å². The molecule has 0 aromatic heterocycles. The number of amides is 2. The highest BCUT2D eigenvalue weighted by molar-refractivity contribution is 7.92. The van der Waals surface area contributed by atoms with Gasteiger partial charge in [0.05, 0.1) is 11.2 Å². The fraction of sp³-hybridized carbons (Fsp3) is 0.300. The average molecular weight is 446 g/mol. The maximum Gasteiger partial charge on any atom is 0.272 e. The molecular weight excluding hydrogens is 424 g/mol. The zero-order valence-corrected chi connectivity index (χ0v) is 17.8. The lowest BCUT2D eigenvalue weighted by Gasteiger charge is -2.24. The van der Waals surface area contributed by atoms with Crippen molar-refractivity contribution in [3.05, 3.63) is 63.7 Å². The number of carbonyl (C=O) groups is 2. The van der Waals surface area contributed by atoms with Gasteiger partial charge >= 0.3 is 0 Å². The summed E-state index contributed by atoms with van der Waals surface area (Å²) in [6.07, 6.45) is 2.20. The molecule has 1 heterocycles. The summed E-state index contributed by atoms with van der Waals surface area (Å²) in [5.41, 5.74) is 1.43. The lowest BCUT2D eigenvalue weighted by atomic mass is 10.1. The third-order valence-electron chi connectivity index (χ3n) is 4.91. The van der Waals surface area contributed by atoms with E-state index in [0.717, 1.165) is 6.26 Å². The Morgan fingerprint density at radius 2 is 1.77 bits per heavy atom. The largest absolute Gasteiger partial charge is 0.327 e. The van der Waals surface area contributed by atoms with Crippen LogP contribution < -0.4 is 10.0 Å². The van der Waals surface area contributed by atoms with E-state index < -0.39 is 21.0 Å². The van der Waals surface area contributed by atoms with E-state index in [1.807, 2.05) is 0 Å². The van der Waals surface area contributed by atoms with E-state index in [4.69, 9.17) is 0 Å². The summed E-state index contributed by atoms with van der Waals surface area (Å²) in [4.78, 5) is 37.7. The van der Waals surface area contributed by atoms with Crippen LogP contribution in [0.4, 0.5) is 17.1 Å². The van der Waals surface area contributed by atoms with E-state index >= 15 is 0 Å². The predicted octanol–water partition coefficient (Wildman–Crippen LogP) is 2.52. The molecule has 1 saturated heterocycles. The lowest BCUT2D eigenvalue weighted by molar-refractivity contribution is -0.385. The lowest BCUT2D eigenvalue weighted by Crippen LogP contribution is -2.43. The molecule has 0 aliphatic carbocycles. The van der Waals surface area contributed by atoms with Crippen molar-refractivity contribution in [2.75, 3.05) is 22.8 Å². The number of anilines is 2. The molecule has 2 N–H and O–H groups in total. The first-order chi connectivity index (χ1) is 14.5. The van der Waals surface area contributed by atoms with Crippen molar-refractivity contribution in [3.63, 3.8) is 0 Å². The highest BCUT2D eigenvalue weighted by atomic mass is 32.2. The number of aryl methyl sites for hydroxylation is 1. The van der Waals surface area contributed by atoms with Crippen molar-refractivity contribution in [1.82, 2.24) is 4.90 Å². The highest BCUT2D eigenvalue weighted by Crippen LogP contribution is 2.25. The van der Waals surface area contributed by atoms with E-state index in [-0.39, 0.29) is 17.5 Å². The molecule has 0 bridgehead atoms. The van der Waals surface area contributed by atoms with Gasteiger partial charge in [-0.05, 0) is 56.2 Å². The summed E-state index contributed by atoms with van der Waals surface area (Å²) < 4.78 is 24.9. The zero-order chi connectivity index (χ0) is 22.8. The fourth-order valence-corrected chi connectivity index (χ4v) is 4.07. The molecule has 0 spiro atoms. The molecule has 3 rings (SSSR count). The Labute approximate surface area is 179 Å². The Bertz CT molecular complexity index is 1130.